The van der Waals surface area contributed by atoms with Crippen LogP contribution in [0.4, 0.5) is 0 Å². The molecule has 124 valence electrons. The highest BCUT2D eigenvalue weighted by Crippen LogP contribution is 2.51. The maximum atomic E-state index is 11.7. The molecule has 0 amide bonds. The molecule has 1 aliphatic rings. The van der Waals surface area contributed by atoms with Gasteiger partial charge in [0, 0.05) is 5.92 Å². The number of nitrogens with two attached hydrogens (primary N) is 1. The predicted octanol–water partition coefficient (Wildman–Crippen LogP) is 3.74. The average molecular weight is 325 g/mol. The SMILES string of the molecule is CC(C)(C)C(c1ccccc1)C1(OS(N)(=O)=O)CCCCC1. The molecule has 5 heteroatoms. The van der Waals surface area contributed by atoms with Crippen molar-refractivity contribution in [2.45, 2.75) is 64.4 Å². The van der Waals surface area contributed by atoms with Gasteiger partial charge in [-0.15, -0.1) is 0 Å². The van der Waals surface area contributed by atoms with Gasteiger partial charge in [-0.2, -0.15) is 8.42 Å². The summed E-state index contributed by atoms with van der Waals surface area (Å²) >= 11 is 0. The van der Waals surface area contributed by atoms with Gasteiger partial charge in [0.05, 0.1) is 5.60 Å². The summed E-state index contributed by atoms with van der Waals surface area (Å²) in [7, 11) is -4.00. The normalized spacial score (nSPS) is 20.5. The highest BCUT2D eigenvalue weighted by molar-refractivity contribution is 7.84. The summed E-state index contributed by atoms with van der Waals surface area (Å²) in [6.07, 6.45) is 4.49. The fourth-order valence-corrected chi connectivity index (χ4v) is 4.77. The lowest BCUT2D eigenvalue weighted by molar-refractivity contribution is -0.0245. The van der Waals surface area contributed by atoms with Crippen LogP contribution >= 0.6 is 0 Å². The van der Waals surface area contributed by atoms with Gasteiger partial charge in [0.1, 0.15) is 0 Å². The van der Waals surface area contributed by atoms with Gasteiger partial charge >= 0.3 is 10.3 Å². The van der Waals surface area contributed by atoms with E-state index in [2.05, 4.69) is 32.9 Å². The maximum Gasteiger partial charge on any atom is 0.333 e. The summed E-state index contributed by atoms with van der Waals surface area (Å²) in [5.41, 5.74) is 0.231. The second-order valence-electron chi connectivity index (χ2n) is 7.41. The van der Waals surface area contributed by atoms with E-state index >= 15 is 0 Å². The first-order valence-electron chi connectivity index (χ1n) is 7.92. The van der Waals surface area contributed by atoms with Crippen LogP contribution in [0, 0.1) is 5.41 Å². The zero-order valence-electron chi connectivity index (χ0n) is 13.7. The van der Waals surface area contributed by atoms with Gasteiger partial charge in [-0.3, -0.25) is 4.18 Å². The lowest BCUT2D eigenvalue weighted by atomic mass is 9.63. The van der Waals surface area contributed by atoms with E-state index in [1.54, 1.807) is 0 Å². The molecule has 22 heavy (non-hydrogen) atoms. The molecule has 1 saturated carbocycles. The Kier molecular flexibility index (Phi) is 5.00. The minimum absolute atomic E-state index is 0.0279. The molecule has 0 aliphatic heterocycles. The molecule has 0 aromatic heterocycles. The Balaban J connectivity index is 2.53. The molecule has 1 fully saturated rings. The number of benzene rings is 1. The largest absolute Gasteiger partial charge is 0.333 e. The van der Waals surface area contributed by atoms with Crippen molar-refractivity contribution in [3.8, 4) is 0 Å². The molecule has 0 spiro atoms. The lowest BCUT2D eigenvalue weighted by Gasteiger charge is -2.48. The molecule has 2 rings (SSSR count). The molecular weight excluding hydrogens is 298 g/mol. The van der Waals surface area contributed by atoms with Gasteiger partial charge in [0.15, 0.2) is 0 Å². The molecule has 4 nitrogen and oxygen atoms in total. The Bertz CT molecular complexity index is 584. The van der Waals surface area contributed by atoms with E-state index in [1.807, 2.05) is 18.2 Å². The van der Waals surface area contributed by atoms with Crippen molar-refractivity contribution < 1.29 is 12.6 Å². The van der Waals surface area contributed by atoms with E-state index in [9.17, 15) is 8.42 Å². The molecule has 1 aromatic carbocycles. The van der Waals surface area contributed by atoms with Gasteiger partial charge in [-0.25, -0.2) is 5.14 Å². The predicted molar refractivity (Wildman–Crippen MR) is 88.6 cm³/mol. The van der Waals surface area contributed by atoms with Gasteiger partial charge in [-0.05, 0) is 23.8 Å². The van der Waals surface area contributed by atoms with Crippen molar-refractivity contribution in [3.05, 3.63) is 35.9 Å². The van der Waals surface area contributed by atoms with Crippen LogP contribution in [0.25, 0.3) is 0 Å². The van der Waals surface area contributed by atoms with Gasteiger partial charge in [0.2, 0.25) is 0 Å². The van der Waals surface area contributed by atoms with Crippen molar-refractivity contribution in [2.24, 2.45) is 10.6 Å². The highest BCUT2D eigenvalue weighted by atomic mass is 32.2. The molecule has 0 saturated heterocycles. The van der Waals surface area contributed by atoms with Crippen molar-refractivity contribution in [1.29, 1.82) is 0 Å². The summed E-state index contributed by atoms with van der Waals surface area (Å²) in [5, 5.41) is 5.26. The Hall–Kier alpha value is -0.910. The van der Waals surface area contributed by atoms with Crippen molar-refractivity contribution in [3.63, 3.8) is 0 Å². The third-order valence-electron chi connectivity index (χ3n) is 4.51. The standard InChI is InChI=1S/C17H27NO3S/c1-16(2,3)15(14-10-6-4-7-11-14)17(21-22(18,19)20)12-8-5-9-13-17/h4,6-7,10-11,15H,5,8-9,12-13H2,1-3H3,(H2,18,19,20). The minimum atomic E-state index is -4.00. The van der Waals surface area contributed by atoms with Crippen LogP contribution < -0.4 is 5.14 Å². The van der Waals surface area contributed by atoms with E-state index in [-0.39, 0.29) is 11.3 Å². The van der Waals surface area contributed by atoms with Crippen LogP contribution in [0.2, 0.25) is 0 Å². The summed E-state index contributed by atoms with van der Waals surface area (Å²) in [4.78, 5) is 0. The van der Waals surface area contributed by atoms with Gasteiger partial charge in [0.25, 0.3) is 0 Å². The lowest BCUT2D eigenvalue weighted by Crippen LogP contribution is -2.48. The molecule has 2 N–H and O–H groups in total. The zero-order valence-corrected chi connectivity index (χ0v) is 14.5. The van der Waals surface area contributed by atoms with E-state index in [0.29, 0.717) is 0 Å². The van der Waals surface area contributed by atoms with E-state index in [4.69, 9.17) is 9.32 Å². The Morgan fingerprint density at radius 3 is 2.09 bits per heavy atom. The fourth-order valence-electron chi connectivity index (χ4n) is 4.04. The van der Waals surface area contributed by atoms with Crippen LogP contribution in [0.5, 0.6) is 0 Å². The van der Waals surface area contributed by atoms with E-state index < -0.39 is 15.9 Å². The van der Waals surface area contributed by atoms with Crippen LogP contribution in [-0.4, -0.2) is 14.0 Å². The Morgan fingerprint density at radius 1 is 1.09 bits per heavy atom. The monoisotopic (exact) mass is 325 g/mol. The summed E-state index contributed by atoms with van der Waals surface area (Å²) < 4.78 is 29.0. The fraction of sp³-hybridized carbons (Fsp3) is 0.647. The second-order valence-corrected chi connectivity index (χ2v) is 8.56. The van der Waals surface area contributed by atoms with E-state index in [1.165, 1.54) is 0 Å². The first-order valence-corrected chi connectivity index (χ1v) is 9.40. The summed E-state index contributed by atoms with van der Waals surface area (Å²) in [5.74, 6) is -0.0279. The third-order valence-corrected chi connectivity index (χ3v) is 5.07. The molecular formula is C17H27NO3S. The van der Waals surface area contributed by atoms with Crippen LogP contribution in [0.1, 0.15) is 64.4 Å². The van der Waals surface area contributed by atoms with Crippen LogP contribution in [-0.2, 0) is 14.5 Å². The maximum absolute atomic E-state index is 11.7. The van der Waals surface area contributed by atoms with Crippen molar-refractivity contribution in [2.75, 3.05) is 0 Å². The minimum Gasteiger partial charge on any atom is -0.251 e. The Labute approximate surface area is 134 Å². The molecule has 1 aromatic rings. The summed E-state index contributed by atoms with van der Waals surface area (Å²) in [6, 6.07) is 10.1. The first kappa shape index (κ1) is 17.4. The molecule has 1 unspecified atom stereocenters. The Morgan fingerprint density at radius 2 is 1.64 bits per heavy atom. The molecule has 0 radical (unpaired) electrons. The highest BCUT2D eigenvalue weighted by Gasteiger charge is 2.49. The molecule has 0 heterocycles. The summed E-state index contributed by atoms with van der Waals surface area (Å²) in [6.45, 7) is 6.40. The van der Waals surface area contributed by atoms with E-state index in [0.717, 1.165) is 37.7 Å². The third kappa shape index (κ3) is 4.09. The number of rotatable bonds is 4. The zero-order chi connectivity index (χ0) is 16.4. The van der Waals surface area contributed by atoms with Crippen LogP contribution in [0.3, 0.4) is 0 Å². The molecule has 1 atom stereocenters. The molecule has 0 bridgehead atoms. The number of hydrogen-bond acceptors (Lipinski definition) is 3. The van der Waals surface area contributed by atoms with Gasteiger partial charge in [-0.1, -0.05) is 70.4 Å². The van der Waals surface area contributed by atoms with Crippen LogP contribution in [0.15, 0.2) is 30.3 Å². The average Bonchev–Trinajstić information content (AvgIpc) is 2.37. The molecule has 1 aliphatic carbocycles. The number of hydrogen-bond donors (Lipinski definition) is 1. The smallest absolute Gasteiger partial charge is 0.251 e. The van der Waals surface area contributed by atoms with Crippen molar-refractivity contribution >= 4 is 10.3 Å². The van der Waals surface area contributed by atoms with Crippen molar-refractivity contribution in [1.82, 2.24) is 0 Å². The topological polar surface area (TPSA) is 69.4 Å². The van der Waals surface area contributed by atoms with Gasteiger partial charge < -0.3 is 0 Å². The first-order chi connectivity index (χ1) is 10.1. The quantitative estimate of drug-likeness (QED) is 0.917. The second kappa shape index (κ2) is 6.30.